The predicted molar refractivity (Wildman–Crippen MR) is 71.1 cm³/mol. The van der Waals surface area contributed by atoms with E-state index in [9.17, 15) is 0 Å². The van der Waals surface area contributed by atoms with E-state index in [2.05, 4.69) is 11.4 Å². The maximum atomic E-state index is 8.98. The number of nitriles is 1. The van der Waals surface area contributed by atoms with Crippen molar-refractivity contribution in [1.29, 1.82) is 5.26 Å². The van der Waals surface area contributed by atoms with E-state index < -0.39 is 0 Å². The summed E-state index contributed by atoms with van der Waals surface area (Å²) in [6, 6.07) is 9.96. The van der Waals surface area contributed by atoms with E-state index in [0.29, 0.717) is 6.10 Å². The molecule has 2 rings (SSSR count). The standard InChI is InChI=1S/C15H20N2O/c16-11-13-5-1-2-6-14(13)12-17-9-8-15-7-3-4-10-18-15/h1-2,5-6,15,17H,3-4,7-10,12H2. The van der Waals surface area contributed by atoms with Gasteiger partial charge in [-0.25, -0.2) is 0 Å². The fourth-order valence-corrected chi connectivity index (χ4v) is 2.30. The average molecular weight is 244 g/mol. The number of benzene rings is 1. The third-order valence-electron chi connectivity index (χ3n) is 3.37. The molecule has 3 heteroatoms. The van der Waals surface area contributed by atoms with Crippen LogP contribution in [0.2, 0.25) is 0 Å². The van der Waals surface area contributed by atoms with Crippen LogP contribution in [0.4, 0.5) is 0 Å². The van der Waals surface area contributed by atoms with Crippen LogP contribution in [0.5, 0.6) is 0 Å². The van der Waals surface area contributed by atoms with Crippen molar-refractivity contribution in [1.82, 2.24) is 5.32 Å². The van der Waals surface area contributed by atoms with Gasteiger partial charge in [0.2, 0.25) is 0 Å². The number of hydrogen-bond acceptors (Lipinski definition) is 3. The highest BCUT2D eigenvalue weighted by atomic mass is 16.5. The summed E-state index contributed by atoms with van der Waals surface area (Å²) in [5.41, 5.74) is 1.84. The summed E-state index contributed by atoms with van der Waals surface area (Å²) < 4.78 is 5.68. The van der Waals surface area contributed by atoms with Crippen LogP contribution < -0.4 is 5.32 Å². The monoisotopic (exact) mass is 244 g/mol. The van der Waals surface area contributed by atoms with E-state index in [1.54, 1.807) is 0 Å². The van der Waals surface area contributed by atoms with Gasteiger partial charge in [-0.3, -0.25) is 0 Å². The molecule has 0 saturated carbocycles. The van der Waals surface area contributed by atoms with Crippen LogP contribution in [0.15, 0.2) is 24.3 Å². The van der Waals surface area contributed by atoms with Gasteiger partial charge in [-0.2, -0.15) is 5.26 Å². The van der Waals surface area contributed by atoms with Gasteiger partial charge in [-0.05, 0) is 43.9 Å². The van der Waals surface area contributed by atoms with Gasteiger partial charge in [0.25, 0.3) is 0 Å². The Balaban J connectivity index is 1.70. The van der Waals surface area contributed by atoms with Gasteiger partial charge in [0.05, 0.1) is 17.7 Å². The first-order valence-corrected chi connectivity index (χ1v) is 6.70. The summed E-state index contributed by atoms with van der Waals surface area (Å²) in [4.78, 5) is 0. The van der Waals surface area contributed by atoms with Gasteiger partial charge in [0, 0.05) is 13.2 Å². The van der Waals surface area contributed by atoms with Crippen molar-refractivity contribution in [3.05, 3.63) is 35.4 Å². The van der Waals surface area contributed by atoms with Gasteiger partial charge >= 0.3 is 0 Å². The minimum atomic E-state index is 0.428. The Morgan fingerprint density at radius 1 is 1.33 bits per heavy atom. The molecule has 1 fully saturated rings. The van der Waals surface area contributed by atoms with Crippen molar-refractivity contribution >= 4 is 0 Å². The maximum absolute atomic E-state index is 8.98. The molecule has 0 radical (unpaired) electrons. The van der Waals surface area contributed by atoms with E-state index in [1.165, 1.54) is 19.3 Å². The summed E-state index contributed by atoms with van der Waals surface area (Å²) in [7, 11) is 0. The number of rotatable bonds is 5. The minimum absolute atomic E-state index is 0.428. The lowest BCUT2D eigenvalue weighted by atomic mass is 10.1. The highest BCUT2D eigenvalue weighted by Gasteiger charge is 2.12. The normalized spacial score (nSPS) is 19.4. The van der Waals surface area contributed by atoms with E-state index in [4.69, 9.17) is 10.00 Å². The summed E-state index contributed by atoms with van der Waals surface area (Å²) in [5, 5.41) is 12.4. The van der Waals surface area contributed by atoms with E-state index in [0.717, 1.165) is 37.2 Å². The van der Waals surface area contributed by atoms with Crippen molar-refractivity contribution in [2.24, 2.45) is 0 Å². The summed E-state index contributed by atoms with van der Waals surface area (Å²) in [6.07, 6.45) is 5.18. The minimum Gasteiger partial charge on any atom is -0.378 e. The van der Waals surface area contributed by atoms with Crippen molar-refractivity contribution in [2.75, 3.05) is 13.2 Å². The number of nitrogens with zero attached hydrogens (tertiary/aromatic N) is 1. The zero-order chi connectivity index (χ0) is 12.6. The van der Waals surface area contributed by atoms with Crippen molar-refractivity contribution in [3.63, 3.8) is 0 Å². The fourth-order valence-electron chi connectivity index (χ4n) is 2.30. The van der Waals surface area contributed by atoms with Crippen LogP contribution in [0, 0.1) is 11.3 Å². The van der Waals surface area contributed by atoms with Crippen molar-refractivity contribution < 1.29 is 4.74 Å². The van der Waals surface area contributed by atoms with Crippen LogP contribution in [-0.4, -0.2) is 19.3 Å². The lowest BCUT2D eigenvalue weighted by Crippen LogP contribution is -2.25. The Labute approximate surface area is 109 Å². The molecule has 1 N–H and O–H groups in total. The molecule has 0 spiro atoms. The van der Waals surface area contributed by atoms with E-state index in [1.807, 2.05) is 24.3 Å². The first kappa shape index (κ1) is 13.1. The molecule has 1 aromatic carbocycles. The lowest BCUT2D eigenvalue weighted by Gasteiger charge is -2.22. The van der Waals surface area contributed by atoms with Crippen LogP contribution in [0.3, 0.4) is 0 Å². The summed E-state index contributed by atoms with van der Waals surface area (Å²) in [5.74, 6) is 0. The molecule has 0 aliphatic carbocycles. The molecule has 1 unspecified atom stereocenters. The SMILES string of the molecule is N#Cc1ccccc1CNCCC1CCCCO1. The fraction of sp³-hybridized carbons (Fsp3) is 0.533. The smallest absolute Gasteiger partial charge is 0.0995 e. The zero-order valence-electron chi connectivity index (χ0n) is 10.7. The third kappa shape index (κ3) is 3.83. The maximum Gasteiger partial charge on any atom is 0.0995 e. The molecule has 96 valence electrons. The second-order valence-corrected chi connectivity index (χ2v) is 4.72. The predicted octanol–water partition coefficient (Wildman–Crippen LogP) is 2.61. The quantitative estimate of drug-likeness (QED) is 0.810. The second-order valence-electron chi connectivity index (χ2n) is 4.72. The highest BCUT2D eigenvalue weighted by molar-refractivity contribution is 5.37. The van der Waals surface area contributed by atoms with Crippen LogP contribution in [0.1, 0.15) is 36.8 Å². The highest BCUT2D eigenvalue weighted by Crippen LogP contribution is 2.15. The first-order chi connectivity index (χ1) is 8.90. The van der Waals surface area contributed by atoms with Crippen LogP contribution >= 0.6 is 0 Å². The largest absolute Gasteiger partial charge is 0.378 e. The second kappa shape index (κ2) is 7.15. The Kier molecular flexibility index (Phi) is 5.19. The Morgan fingerprint density at radius 3 is 3.00 bits per heavy atom. The Morgan fingerprint density at radius 2 is 2.22 bits per heavy atom. The van der Waals surface area contributed by atoms with Crippen molar-refractivity contribution in [3.8, 4) is 6.07 Å². The lowest BCUT2D eigenvalue weighted by molar-refractivity contribution is 0.0115. The average Bonchev–Trinajstić information content (AvgIpc) is 2.45. The van der Waals surface area contributed by atoms with Crippen LogP contribution in [-0.2, 0) is 11.3 Å². The first-order valence-electron chi connectivity index (χ1n) is 6.70. The number of ether oxygens (including phenoxy) is 1. The summed E-state index contributed by atoms with van der Waals surface area (Å²) >= 11 is 0. The third-order valence-corrected chi connectivity index (χ3v) is 3.37. The van der Waals surface area contributed by atoms with Gasteiger partial charge in [-0.1, -0.05) is 18.2 Å². The molecule has 1 heterocycles. The van der Waals surface area contributed by atoms with Crippen molar-refractivity contribution in [2.45, 2.75) is 38.3 Å². The van der Waals surface area contributed by atoms with Gasteiger partial charge < -0.3 is 10.1 Å². The molecule has 1 aliphatic rings. The molecule has 18 heavy (non-hydrogen) atoms. The molecular weight excluding hydrogens is 224 g/mol. The van der Waals surface area contributed by atoms with E-state index in [-0.39, 0.29) is 0 Å². The topological polar surface area (TPSA) is 45.0 Å². The molecule has 3 nitrogen and oxygen atoms in total. The number of nitrogens with one attached hydrogen (secondary N) is 1. The Bertz CT molecular complexity index is 405. The Hall–Kier alpha value is -1.37. The van der Waals surface area contributed by atoms with Gasteiger partial charge in [0.1, 0.15) is 0 Å². The molecule has 1 aliphatic heterocycles. The van der Waals surface area contributed by atoms with Crippen LogP contribution in [0.25, 0.3) is 0 Å². The molecule has 1 saturated heterocycles. The van der Waals surface area contributed by atoms with Gasteiger partial charge in [0.15, 0.2) is 0 Å². The summed E-state index contributed by atoms with van der Waals surface area (Å²) in [6.45, 7) is 2.63. The molecule has 0 amide bonds. The molecule has 1 aromatic rings. The molecule has 0 bridgehead atoms. The van der Waals surface area contributed by atoms with Gasteiger partial charge in [-0.15, -0.1) is 0 Å². The number of hydrogen-bond donors (Lipinski definition) is 1. The molecule has 0 aromatic heterocycles. The zero-order valence-corrected chi connectivity index (χ0v) is 10.7. The molecule has 1 atom stereocenters. The molecular formula is C15H20N2O. The van der Waals surface area contributed by atoms with E-state index >= 15 is 0 Å².